The lowest BCUT2D eigenvalue weighted by atomic mass is 9.98. The van der Waals surface area contributed by atoms with Gasteiger partial charge in [-0.1, -0.05) is 12.1 Å². The Balaban J connectivity index is 1.95. The van der Waals surface area contributed by atoms with Crippen LogP contribution >= 0.6 is 0 Å². The van der Waals surface area contributed by atoms with Crippen LogP contribution in [0.25, 0.3) is 0 Å². The predicted molar refractivity (Wildman–Crippen MR) is 73.1 cm³/mol. The molecular weight excluding hydrogens is 260 g/mol. The Morgan fingerprint density at radius 3 is 2.75 bits per heavy atom. The molecule has 1 unspecified atom stereocenters. The molecule has 1 aromatic carbocycles. The molecule has 6 nitrogen and oxygen atoms in total. The highest BCUT2D eigenvalue weighted by Gasteiger charge is 2.26. The number of esters is 1. The average Bonchev–Trinajstić information content (AvgIpc) is 2.47. The fraction of sp³-hybridized carbons (Fsp3) is 0.500. The molecule has 1 aromatic rings. The van der Waals surface area contributed by atoms with Crippen LogP contribution in [0.1, 0.15) is 18.4 Å². The van der Waals surface area contributed by atoms with Crippen LogP contribution in [-0.4, -0.2) is 36.0 Å². The Kier molecular flexibility index (Phi) is 4.68. The van der Waals surface area contributed by atoms with E-state index in [1.165, 1.54) is 19.2 Å². The summed E-state index contributed by atoms with van der Waals surface area (Å²) in [6, 6.07) is 6.55. The summed E-state index contributed by atoms with van der Waals surface area (Å²) in [7, 11) is 1.41. The SMILES string of the molecule is COC(=O)C1CCCN(Cc2ccc([N+](=O)[O-])cc2)C1. The molecule has 1 saturated heterocycles. The number of nitrogens with zero attached hydrogens (tertiary/aromatic N) is 2. The van der Waals surface area contributed by atoms with E-state index in [2.05, 4.69) is 4.90 Å². The summed E-state index contributed by atoms with van der Waals surface area (Å²) in [5.74, 6) is -0.217. The number of carbonyl (C=O) groups excluding carboxylic acids is 1. The molecular formula is C14H18N2O4. The van der Waals surface area contributed by atoms with Crippen molar-refractivity contribution in [3.63, 3.8) is 0 Å². The van der Waals surface area contributed by atoms with E-state index in [9.17, 15) is 14.9 Å². The van der Waals surface area contributed by atoms with Crippen molar-refractivity contribution in [1.82, 2.24) is 4.90 Å². The number of hydrogen-bond donors (Lipinski definition) is 0. The van der Waals surface area contributed by atoms with Crippen LogP contribution in [0.15, 0.2) is 24.3 Å². The smallest absolute Gasteiger partial charge is 0.309 e. The number of benzene rings is 1. The molecule has 1 atom stereocenters. The maximum absolute atomic E-state index is 11.6. The minimum atomic E-state index is -0.405. The molecule has 20 heavy (non-hydrogen) atoms. The Bertz CT molecular complexity index is 486. The van der Waals surface area contributed by atoms with Crippen LogP contribution < -0.4 is 0 Å². The second kappa shape index (κ2) is 6.47. The third-order valence-corrected chi connectivity index (χ3v) is 3.59. The Morgan fingerprint density at radius 1 is 1.45 bits per heavy atom. The van der Waals surface area contributed by atoms with E-state index in [1.54, 1.807) is 12.1 Å². The van der Waals surface area contributed by atoms with Crippen molar-refractivity contribution in [3.05, 3.63) is 39.9 Å². The van der Waals surface area contributed by atoms with Crippen LogP contribution in [0.5, 0.6) is 0 Å². The summed E-state index contributed by atoms with van der Waals surface area (Å²) in [4.78, 5) is 23.9. The van der Waals surface area contributed by atoms with Crippen molar-refractivity contribution in [2.24, 2.45) is 5.92 Å². The van der Waals surface area contributed by atoms with Gasteiger partial charge >= 0.3 is 5.97 Å². The van der Waals surface area contributed by atoms with E-state index in [1.807, 2.05) is 0 Å². The molecule has 1 aliphatic rings. The molecule has 0 aliphatic carbocycles. The van der Waals surface area contributed by atoms with Crippen LogP contribution in [0.2, 0.25) is 0 Å². The first-order chi connectivity index (χ1) is 9.60. The molecule has 1 heterocycles. The van der Waals surface area contributed by atoms with E-state index >= 15 is 0 Å². The van der Waals surface area contributed by atoms with Crippen LogP contribution in [-0.2, 0) is 16.1 Å². The van der Waals surface area contributed by atoms with Gasteiger partial charge in [-0.25, -0.2) is 0 Å². The van der Waals surface area contributed by atoms with Crippen molar-refractivity contribution in [3.8, 4) is 0 Å². The third-order valence-electron chi connectivity index (χ3n) is 3.59. The lowest BCUT2D eigenvalue weighted by Gasteiger charge is -2.31. The quantitative estimate of drug-likeness (QED) is 0.478. The zero-order valence-electron chi connectivity index (χ0n) is 11.4. The number of hydrogen-bond acceptors (Lipinski definition) is 5. The minimum Gasteiger partial charge on any atom is -0.469 e. The van der Waals surface area contributed by atoms with E-state index in [0.717, 1.165) is 24.9 Å². The number of carbonyl (C=O) groups is 1. The predicted octanol–water partition coefficient (Wildman–Crippen LogP) is 1.98. The summed E-state index contributed by atoms with van der Waals surface area (Å²) >= 11 is 0. The maximum Gasteiger partial charge on any atom is 0.309 e. The first-order valence-electron chi connectivity index (χ1n) is 6.63. The number of methoxy groups -OCH3 is 1. The number of piperidine rings is 1. The summed E-state index contributed by atoms with van der Waals surface area (Å²) in [6.45, 7) is 2.32. The summed E-state index contributed by atoms with van der Waals surface area (Å²) in [5, 5.41) is 10.6. The van der Waals surface area contributed by atoms with Crippen molar-refractivity contribution < 1.29 is 14.5 Å². The number of non-ortho nitro benzene ring substituents is 1. The highest BCUT2D eigenvalue weighted by atomic mass is 16.6. The maximum atomic E-state index is 11.6. The van der Waals surface area contributed by atoms with Crippen molar-refractivity contribution in [2.45, 2.75) is 19.4 Å². The molecule has 0 bridgehead atoms. The van der Waals surface area contributed by atoms with Gasteiger partial charge in [-0.3, -0.25) is 19.8 Å². The zero-order chi connectivity index (χ0) is 14.5. The van der Waals surface area contributed by atoms with Gasteiger partial charge in [0, 0.05) is 25.2 Å². The van der Waals surface area contributed by atoms with Gasteiger partial charge in [0.1, 0.15) is 0 Å². The van der Waals surface area contributed by atoms with E-state index < -0.39 is 4.92 Å². The largest absolute Gasteiger partial charge is 0.469 e. The molecule has 0 N–H and O–H groups in total. The Labute approximate surface area is 117 Å². The molecule has 0 spiro atoms. The fourth-order valence-corrected chi connectivity index (χ4v) is 2.54. The van der Waals surface area contributed by atoms with Crippen molar-refractivity contribution in [1.29, 1.82) is 0 Å². The topological polar surface area (TPSA) is 72.7 Å². The van der Waals surface area contributed by atoms with Crippen molar-refractivity contribution >= 4 is 11.7 Å². The second-order valence-electron chi connectivity index (χ2n) is 5.02. The first kappa shape index (κ1) is 14.5. The molecule has 0 amide bonds. The zero-order valence-corrected chi connectivity index (χ0v) is 11.4. The van der Waals surface area contributed by atoms with Gasteiger partial charge in [0.2, 0.25) is 0 Å². The number of rotatable bonds is 4. The summed E-state index contributed by atoms with van der Waals surface area (Å²) in [5.41, 5.74) is 1.11. The van der Waals surface area contributed by atoms with Crippen LogP contribution in [0, 0.1) is 16.0 Å². The van der Waals surface area contributed by atoms with Crippen LogP contribution in [0.3, 0.4) is 0 Å². The molecule has 6 heteroatoms. The average molecular weight is 278 g/mol. The molecule has 0 radical (unpaired) electrons. The Hall–Kier alpha value is -1.95. The molecule has 2 rings (SSSR count). The number of nitro benzene ring substituents is 1. The molecule has 108 valence electrons. The van der Waals surface area contributed by atoms with Gasteiger partial charge in [0.05, 0.1) is 18.0 Å². The Morgan fingerprint density at radius 2 is 2.15 bits per heavy atom. The third kappa shape index (κ3) is 3.54. The van der Waals surface area contributed by atoms with Gasteiger partial charge in [-0.15, -0.1) is 0 Å². The van der Waals surface area contributed by atoms with Crippen LogP contribution in [0.4, 0.5) is 5.69 Å². The normalized spacial score (nSPS) is 19.6. The lowest BCUT2D eigenvalue weighted by molar-refractivity contribution is -0.384. The highest BCUT2D eigenvalue weighted by Crippen LogP contribution is 2.20. The highest BCUT2D eigenvalue weighted by molar-refractivity contribution is 5.72. The summed E-state index contributed by atoms with van der Waals surface area (Å²) < 4.78 is 4.79. The first-order valence-corrected chi connectivity index (χ1v) is 6.63. The van der Waals surface area contributed by atoms with E-state index in [0.29, 0.717) is 13.1 Å². The van der Waals surface area contributed by atoms with E-state index in [-0.39, 0.29) is 17.6 Å². The van der Waals surface area contributed by atoms with E-state index in [4.69, 9.17) is 4.74 Å². The molecule has 1 aliphatic heterocycles. The van der Waals surface area contributed by atoms with Gasteiger partial charge in [-0.2, -0.15) is 0 Å². The lowest BCUT2D eigenvalue weighted by Crippen LogP contribution is -2.38. The number of likely N-dealkylation sites (tertiary alicyclic amines) is 1. The fourth-order valence-electron chi connectivity index (χ4n) is 2.54. The van der Waals surface area contributed by atoms with Crippen molar-refractivity contribution in [2.75, 3.05) is 20.2 Å². The summed E-state index contributed by atoms with van der Waals surface area (Å²) in [6.07, 6.45) is 1.83. The molecule has 1 fully saturated rings. The minimum absolute atomic E-state index is 0.0631. The molecule has 0 aromatic heterocycles. The van der Waals surface area contributed by atoms with Gasteiger partial charge < -0.3 is 4.74 Å². The van der Waals surface area contributed by atoms with Gasteiger partial charge in [0.15, 0.2) is 0 Å². The van der Waals surface area contributed by atoms with Gasteiger partial charge in [0.25, 0.3) is 5.69 Å². The monoisotopic (exact) mass is 278 g/mol. The number of nitro groups is 1. The number of ether oxygens (including phenoxy) is 1. The second-order valence-corrected chi connectivity index (χ2v) is 5.02. The van der Waals surface area contributed by atoms with Gasteiger partial charge in [-0.05, 0) is 24.9 Å². The molecule has 0 saturated carbocycles. The standard InChI is InChI=1S/C14H18N2O4/c1-20-14(17)12-3-2-8-15(10-12)9-11-4-6-13(7-5-11)16(18)19/h4-7,12H,2-3,8-10H2,1H3.